The van der Waals surface area contributed by atoms with Gasteiger partial charge in [-0.05, 0) is 38.1 Å². The fourth-order valence-electron chi connectivity index (χ4n) is 4.45. The van der Waals surface area contributed by atoms with E-state index in [-0.39, 0.29) is 0 Å². The summed E-state index contributed by atoms with van der Waals surface area (Å²) in [6.07, 6.45) is 26.6. The third-order valence-corrected chi connectivity index (χ3v) is 6.03. The SMILES string of the molecule is C1CCCCCC(NCC2CCCCCCCC2)CCCC1. The molecule has 130 valence electrons. The van der Waals surface area contributed by atoms with Gasteiger partial charge >= 0.3 is 0 Å². The Bertz CT molecular complexity index is 228. The van der Waals surface area contributed by atoms with E-state index < -0.39 is 0 Å². The smallest absolute Gasteiger partial charge is 0.00671 e. The van der Waals surface area contributed by atoms with Crippen LogP contribution in [0.1, 0.15) is 116 Å². The molecule has 0 atom stereocenters. The zero-order chi connectivity index (χ0) is 15.3. The summed E-state index contributed by atoms with van der Waals surface area (Å²) >= 11 is 0. The van der Waals surface area contributed by atoms with Gasteiger partial charge in [0, 0.05) is 6.04 Å². The average Bonchev–Trinajstić information content (AvgIpc) is 2.62. The Labute approximate surface area is 140 Å². The van der Waals surface area contributed by atoms with Gasteiger partial charge in [-0.2, -0.15) is 0 Å². The molecule has 0 bridgehead atoms. The van der Waals surface area contributed by atoms with Crippen LogP contribution in [0.15, 0.2) is 0 Å². The molecule has 2 fully saturated rings. The lowest BCUT2D eigenvalue weighted by Crippen LogP contribution is -2.33. The maximum absolute atomic E-state index is 4.00. The lowest BCUT2D eigenvalue weighted by atomic mass is 9.95. The lowest BCUT2D eigenvalue weighted by Gasteiger charge is -2.23. The van der Waals surface area contributed by atoms with Gasteiger partial charge in [0.2, 0.25) is 0 Å². The first kappa shape index (κ1) is 18.3. The van der Waals surface area contributed by atoms with E-state index in [4.69, 9.17) is 0 Å². The largest absolute Gasteiger partial charge is 0.314 e. The molecule has 1 heteroatoms. The van der Waals surface area contributed by atoms with Gasteiger partial charge in [0.25, 0.3) is 0 Å². The summed E-state index contributed by atoms with van der Waals surface area (Å²) in [5.41, 5.74) is 0. The molecule has 2 rings (SSSR count). The van der Waals surface area contributed by atoms with E-state index in [1.54, 1.807) is 0 Å². The molecule has 0 unspecified atom stereocenters. The van der Waals surface area contributed by atoms with Crippen LogP contribution in [0.4, 0.5) is 0 Å². The quantitative estimate of drug-likeness (QED) is 0.618. The van der Waals surface area contributed by atoms with Crippen molar-refractivity contribution in [1.82, 2.24) is 5.32 Å². The van der Waals surface area contributed by atoms with Gasteiger partial charge in [-0.15, -0.1) is 0 Å². The van der Waals surface area contributed by atoms with Crippen molar-refractivity contribution < 1.29 is 0 Å². The summed E-state index contributed by atoms with van der Waals surface area (Å²) in [6, 6.07) is 0.825. The Morgan fingerprint density at radius 1 is 0.455 bits per heavy atom. The van der Waals surface area contributed by atoms with E-state index in [2.05, 4.69) is 5.32 Å². The molecule has 0 aromatic heterocycles. The van der Waals surface area contributed by atoms with Crippen LogP contribution >= 0.6 is 0 Å². The Balaban J connectivity index is 1.68. The summed E-state index contributed by atoms with van der Waals surface area (Å²) in [5.74, 6) is 0.969. The van der Waals surface area contributed by atoms with Crippen LogP contribution in [-0.4, -0.2) is 12.6 Å². The summed E-state index contributed by atoms with van der Waals surface area (Å²) < 4.78 is 0. The van der Waals surface area contributed by atoms with Gasteiger partial charge in [0.05, 0.1) is 0 Å². The third kappa shape index (κ3) is 8.56. The summed E-state index contributed by atoms with van der Waals surface area (Å²) in [7, 11) is 0. The predicted octanol–water partition coefficient (Wildman–Crippen LogP) is 6.61. The Kier molecular flexibility index (Phi) is 10.3. The first-order valence-corrected chi connectivity index (χ1v) is 10.7. The van der Waals surface area contributed by atoms with Crippen molar-refractivity contribution in [2.75, 3.05) is 6.54 Å². The maximum Gasteiger partial charge on any atom is 0.00671 e. The standard InChI is InChI=1S/C21H41N/c1-2-4-10-14-18-21(17-13-9-3-1)22-19-20-15-11-7-5-6-8-12-16-20/h20-22H,1-19H2. The fourth-order valence-corrected chi connectivity index (χ4v) is 4.45. The molecule has 2 aliphatic rings. The van der Waals surface area contributed by atoms with E-state index in [1.807, 2.05) is 0 Å². The number of hydrogen-bond donors (Lipinski definition) is 1. The molecule has 0 radical (unpaired) electrons. The molecule has 0 spiro atoms. The molecule has 0 saturated heterocycles. The van der Waals surface area contributed by atoms with Crippen LogP contribution in [-0.2, 0) is 0 Å². The maximum atomic E-state index is 4.00. The highest BCUT2D eigenvalue weighted by Crippen LogP contribution is 2.22. The lowest BCUT2D eigenvalue weighted by molar-refractivity contribution is 0.347. The molecule has 0 aromatic carbocycles. The Morgan fingerprint density at radius 3 is 1.27 bits per heavy atom. The molecule has 0 heterocycles. The highest BCUT2D eigenvalue weighted by atomic mass is 14.9. The first-order chi connectivity index (χ1) is 10.9. The van der Waals surface area contributed by atoms with Crippen molar-refractivity contribution in [1.29, 1.82) is 0 Å². The van der Waals surface area contributed by atoms with Gasteiger partial charge in [-0.3, -0.25) is 0 Å². The van der Waals surface area contributed by atoms with E-state index >= 15 is 0 Å². The van der Waals surface area contributed by atoms with Gasteiger partial charge in [0.1, 0.15) is 0 Å². The topological polar surface area (TPSA) is 12.0 Å². The van der Waals surface area contributed by atoms with Crippen LogP contribution in [0.3, 0.4) is 0 Å². The van der Waals surface area contributed by atoms with E-state index in [0.29, 0.717) is 0 Å². The van der Waals surface area contributed by atoms with E-state index in [1.165, 1.54) is 122 Å². The molecular weight excluding hydrogens is 266 g/mol. The second kappa shape index (κ2) is 12.4. The number of nitrogens with one attached hydrogen (secondary N) is 1. The highest BCUT2D eigenvalue weighted by Gasteiger charge is 2.14. The first-order valence-electron chi connectivity index (χ1n) is 10.7. The molecule has 2 saturated carbocycles. The molecule has 0 aromatic rings. The summed E-state index contributed by atoms with van der Waals surface area (Å²) in [5, 5.41) is 4.00. The van der Waals surface area contributed by atoms with Gasteiger partial charge in [0.15, 0.2) is 0 Å². The molecule has 22 heavy (non-hydrogen) atoms. The van der Waals surface area contributed by atoms with Crippen molar-refractivity contribution in [3.63, 3.8) is 0 Å². The van der Waals surface area contributed by atoms with Crippen molar-refractivity contribution in [3.05, 3.63) is 0 Å². The Morgan fingerprint density at radius 2 is 0.818 bits per heavy atom. The zero-order valence-corrected chi connectivity index (χ0v) is 15.1. The molecule has 0 aliphatic heterocycles. The average molecular weight is 308 g/mol. The van der Waals surface area contributed by atoms with Crippen molar-refractivity contribution >= 4 is 0 Å². The van der Waals surface area contributed by atoms with Gasteiger partial charge < -0.3 is 5.32 Å². The van der Waals surface area contributed by atoms with Gasteiger partial charge in [-0.1, -0.05) is 89.9 Å². The molecular formula is C21H41N. The minimum atomic E-state index is 0.825. The second-order valence-corrected chi connectivity index (χ2v) is 8.08. The monoisotopic (exact) mass is 307 g/mol. The molecule has 1 nitrogen and oxygen atoms in total. The van der Waals surface area contributed by atoms with Crippen molar-refractivity contribution in [2.45, 2.75) is 122 Å². The summed E-state index contributed by atoms with van der Waals surface area (Å²) in [4.78, 5) is 0. The van der Waals surface area contributed by atoms with Crippen molar-refractivity contribution in [2.24, 2.45) is 5.92 Å². The van der Waals surface area contributed by atoms with Crippen molar-refractivity contribution in [3.8, 4) is 0 Å². The normalized spacial score (nSPS) is 25.6. The molecule has 0 amide bonds. The van der Waals surface area contributed by atoms with Crippen LogP contribution in [0.2, 0.25) is 0 Å². The Hall–Kier alpha value is -0.0400. The second-order valence-electron chi connectivity index (χ2n) is 8.08. The minimum absolute atomic E-state index is 0.825. The van der Waals surface area contributed by atoms with Crippen LogP contribution in [0, 0.1) is 5.92 Å². The number of rotatable bonds is 3. The van der Waals surface area contributed by atoms with E-state index in [0.717, 1.165) is 12.0 Å². The highest BCUT2D eigenvalue weighted by molar-refractivity contribution is 4.72. The zero-order valence-electron chi connectivity index (χ0n) is 15.1. The van der Waals surface area contributed by atoms with Crippen LogP contribution < -0.4 is 5.32 Å². The van der Waals surface area contributed by atoms with Crippen LogP contribution in [0.25, 0.3) is 0 Å². The predicted molar refractivity (Wildman–Crippen MR) is 98.4 cm³/mol. The molecule has 1 N–H and O–H groups in total. The molecule has 2 aliphatic carbocycles. The third-order valence-electron chi connectivity index (χ3n) is 6.03. The summed E-state index contributed by atoms with van der Waals surface area (Å²) in [6.45, 7) is 1.31. The van der Waals surface area contributed by atoms with Crippen LogP contribution in [0.5, 0.6) is 0 Å². The van der Waals surface area contributed by atoms with E-state index in [9.17, 15) is 0 Å². The number of hydrogen-bond acceptors (Lipinski definition) is 1. The van der Waals surface area contributed by atoms with Gasteiger partial charge in [-0.25, -0.2) is 0 Å². The fraction of sp³-hybridized carbons (Fsp3) is 1.00. The minimum Gasteiger partial charge on any atom is -0.314 e.